The van der Waals surface area contributed by atoms with E-state index in [9.17, 15) is 0 Å². The van der Waals surface area contributed by atoms with Gasteiger partial charge in [0.2, 0.25) is 0 Å². The number of rotatable bonds is 4. The predicted molar refractivity (Wildman–Crippen MR) is 97.9 cm³/mol. The number of ether oxygens (including phenoxy) is 1. The van der Waals surface area contributed by atoms with Crippen LogP contribution in [0.1, 0.15) is 5.56 Å². The number of hydrogen-bond acceptors (Lipinski definition) is 4. The Balaban J connectivity index is 1.64. The van der Waals surface area contributed by atoms with E-state index in [0.717, 1.165) is 33.5 Å². The fourth-order valence-electron chi connectivity index (χ4n) is 2.70. The highest BCUT2D eigenvalue weighted by Gasteiger charge is 2.09. The van der Waals surface area contributed by atoms with Crippen molar-refractivity contribution in [2.45, 2.75) is 6.54 Å². The summed E-state index contributed by atoms with van der Waals surface area (Å²) >= 11 is 6.36. The second kappa shape index (κ2) is 6.53. The SMILES string of the molecule is COc1ccc2cc(Cn3cc(-c4ccccc4)nn3)c(Cl)nc2c1. The van der Waals surface area contributed by atoms with E-state index in [1.54, 1.807) is 11.8 Å². The largest absolute Gasteiger partial charge is 0.497 e. The van der Waals surface area contributed by atoms with Gasteiger partial charge >= 0.3 is 0 Å². The first kappa shape index (κ1) is 15.6. The molecule has 0 N–H and O–H groups in total. The van der Waals surface area contributed by atoms with E-state index in [1.807, 2.05) is 60.8 Å². The standard InChI is InChI=1S/C19H15ClN4O/c1-25-16-8-7-14-9-15(19(20)21-17(14)10-16)11-24-12-18(22-23-24)13-5-3-2-4-6-13/h2-10,12H,11H2,1H3. The lowest BCUT2D eigenvalue weighted by Crippen LogP contribution is -2.02. The molecule has 0 aliphatic rings. The number of nitrogens with zero attached hydrogens (tertiary/aromatic N) is 4. The summed E-state index contributed by atoms with van der Waals surface area (Å²) in [6.45, 7) is 0.508. The summed E-state index contributed by atoms with van der Waals surface area (Å²) in [4.78, 5) is 4.47. The summed E-state index contributed by atoms with van der Waals surface area (Å²) in [5.74, 6) is 0.757. The molecule has 4 rings (SSSR count). The average Bonchev–Trinajstić information content (AvgIpc) is 3.11. The second-order valence-corrected chi connectivity index (χ2v) is 6.02. The van der Waals surface area contributed by atoms with Crippen LogP contribution in [0.2, 0.25) is 5.15 Å². The summed E-state index contributed by atoms with van der Waals surface area (Å²) in [6, 6.07) is 17.7. The molecule has 0 saturated heterocycles. The Morgan fingerprint density at radius 1 is 1.08 bits per heavy atom. The van der Waals surface area contributed by atoms with Crippen LogP contribution in [0.25, 0.3) is 22.2 Å². The predicted octanol–water partition coefficient (Wildman–Crippen LogP) is 4.20. The number of hydrogen-bond donors (Lipinski definition) is 0. The van der Waals surface area contributed by atoms with E-state index in [-0.39, 0.29) is 0 Å². The average molecular weight is 351 g/mol. The van der Waals surface area contributed by atoms with Crippen molar-refractivity contribution in [1.82, 2.24) is 20.0 Å². The number of pyridine rings is 1. The Bertz CT molecular complexity index is 1030. The fraction of sp³-hybridized carbons (Fsp3) is 0.105. The van der Waals surface area contributed by atoms with Crippen LogP contribution in [-0.2, 0) is 6.54 Å². The van der Waals surface area contributed by atoms with Crippen molar-refractivity contribution < 1.29 is 4.74 Å². The fourth-order valence-corrected chi connectivity index (χ4v) is 2.90. The number of aromatic nitrogens is 4. The van der Waals surface area contributed by atoms with Crippen molar-refractivity contribution in [3.05, 3.63) is 71.5 Å². The Labute approximate surface area is 149 Å². The van der Waals surface area contributed by atoms with Crippen LogP contribution in [-0.4, -0.2) is 27.1 Å². The molecule has 0 bridgehead atoms. The maximum absolute atomic E-state index is 6.36. The monoisotopic (exact) mass is 350 g/mol. The van der Waals surface area contributed by atoms with Gasteiger partial charge in [-0.15, -0.1) is 5.10 Å². The molecule has 0 radical (unpaired) electrons. The van der Waals surface area contributed by atoms with Crippen molar-refractivity contribution in [2.24, 2.45) is 0 Å². The zero-order valence-electron chi connectivity index (χ0n) is 13.6. The topological polar surface area (TPSA) is 52.8 Å². The third-order valence-corrected chi connectivity index (χ3v) is 4.32. The Morgan fingerprint density at radius 2 is 1.92 bits per heavy atom. The molecule has 0 aliphatic carbocycles. The van der Waals surface area contributed by atoms with Crippen molar-refractivity contribution in [3.8, 4) is 17.0 Å². The van der Waals surface area contributed by atoms with Gasteiger partial charge in [-0.3, -0.25) is 0 Å². The molecular formula is C19H15ClN4O. The van der Waals surface area contributed by atoms with Crippen LogP contribution in [0.5, 0.6) is 5.75 Å². The minimum absolute atomic E-state index is 0.456. The van der Waals surface area contributed by atoms with Crippen molar-refractivity contribution >= 4 is 22.5 Å². The van der Waals surface area contributed by atoms with E-state index in [2.05, 4.69) is 15.3 Å². The molecule has 0 amide bonds. The molecule has 0 unspecified atom stereocenters. The molecule has 124 valence electrons. The summed E-state index contributed by atoms with van der Waals surface area (Å²) in [7, 11) is 1.63. The second-order valence-electron chi connectivity index (χ2n) is 5.66. The van der Waals surface area contributed by atoms with Crippen LogP contribution >= 0.6 is 11.6 Å². The van der Waals surface area contributed by atoms with Crippen molar-refractivity contribution in [1.29, 1.82) is 0 Å². The van der Waals surface area contributed by atoms with E-state index in [0.29, 0.717) is 11.7 Å². The van der Waals surface area contributed by atoms with Gasteiger partial charge in [0.25, 0.3) is 0 Å². The summed E-state index contributed by atoms with van der Waals surface area (Å²) in [5.41, 5.74) is 3.55. The lowest BCUT2D eigenvalue weighted by Gasteiger charge is -2.07. The van der Waals surface area contributed by atoms with Gasteiger partial charge in [-0.1, -0.05) is 47.1 Å². The first-order valence-corrected chi connectivity index (χ1v) is 8.19. The minimum atomic E-state index is 0.456. The first-order chi connectivity index (χ1) is 12.2. The van der Waals surface area contributed by atoms with Crippen LogP contribution in [0.3, 0.4) is 0 Å². The minimum Gasteiger partial charge on any atom is -0.497 e. The van der Waals surface area contributed by atoms with Gasteiger partial charge < -0.3 is 4.74 Å². The molecule has 2 heterocycles. The maximum Gasteiger partial charge on any atom is 0.134 e. The number of methoxy groups -OCH3 is 1. The zero-order chi connectivity index (χ0) is 17.2. The third kappa shape index (κ3) is 3.19. The van der Waals surface area contributed by atoms with E-state index in [4.69, 9.17) is 16.3 Å². The molecule has 0 atom stereocenters. The third-order valence-electron chi connectivity index (χ3n) is 3.99. The van der Waals surface area contributed by atoms with Crippen LogP contribution in [0.15, 0.2) is 60.8 Å². The molecule has 0 saturated carbocycles. The Hall–Kier alpha value is -2.92. The van der Waals surface area contributed by atoms with Crippen LogP contribution in [0.4, 0.5) is 0 Å². The quantitative estimate of drug-likeness (QED) is 0.517. The highest BCUT2D eigenvalue weighted by atomic mass is 35.5. The zero-order valence-corrected chi connectivity index (χ0v) is 14.3. The van der Waals surface area contributed by atoms with E-state index in [1.165, 1.54) is 0 Å². The lowest BCUT2D eigenvalue weighted by atomic mass is 10.1. The van der Waals surface area contributed by atoms with Gasteiger partial charge in [0.15, 0.2) is 0 Å². The first-order valence-electron chi connectivity index (χ1n) is 7.81. The number of fused-ring (bicyclic) bond motifs is 1. The van der Waals surface area contributed by atoms with Gasteiger partial charge in [0, 0.05) is 22.6 Å². The molecule has 4 aromatic rings. The molecular weight excluding hydrogens is 336 g/mol. The van der Waals surface area contributed by atoms with Gasteiger partial charge in [-0.2, -0.15) is 0 Å². The van der Waals surface area contributed by atoms with E-state index >= 15 is 0 Å². The Kier molecular flexibility index (Phi) is 4.07. The molecule has 2 aromatic carbocycles. The van der Waals surface area contributed by atoms with Crippen molar-refractivity contribution in [2.75, 3.05) is 7.11 Å². The summed E-state index contributed by atoms with van der Waals surface area (Å²) in [5, 5.41) is 9.89. The summed E-state index contributed by atoms with van der Waals surface area (Å²) < 4.78 is 6.99. The normalized spacial score (nSPS) is 11.0. The number of halogens is 1. The molecule has 25 heavy (non-hydrogen) atoms. The van der Waals surface area contributed by atoms with Gasteiger partial charge in [-0.25, -0.2) is 9.67 Å². The maximum atomic E-state index is 6.36. The highest BCUT2D eigenvalue weighted by molar-refractivity contribution is 6.30. The molecule has 0 aliphatic heterocycles. The van der Waals surface area contributed by atoms with Crippen LogP contribution in [0, 0.1) is 0 Å². The lowest BCUT2D eigenvalue weighted by molar-refractivity contribution is 0.415. The Morgan fingerprint density at radius 3 is 2.72 bits per heavy atom. The molecule has 5 nitrogen and oxygen atoms in total. The van der Waals surface area contributed by atoms with Crippen molar-refractivity contribution in [3.63, 3.8) is 0 Å². The molecule has 0 spiro atoms. The van der Waals surface area contributed by atoms with Gasteiger partial charge in [0.1, 0.15) is 16.6 Å². The molecule has 0 fully saturated rings. The smallest absolute Gasteiger partial charge is 0.134 e. The van der Waals surface area contributed by atoms with Crippen LogP contribution < -0.4 is 4.74 Å². The molecule has 6 heteroatoms. The summed E-state index contributed by atoms with van der Waals surface area (Å²) in [6.07, 6.45) is 1.91. The van der Waals surface area contributed by atoms with Gasteiger partial charge in [0.05, 0.1) is 25.4 Å². The van der Waals surface area contributed by atoms with E-state index < -0.39 is 0 Å². The number of benzene rings is 2. The highest BCUT2D eigenvalue weighted by Crippen LogP contribution is 2.25. The van der Waals surface area contributed by atoms with Gasteiger partial charge in [-0.05, 0) is 18.2 Å². The molecule has 2 aromatic heterocycles.